The summed E-state index contributed by atoms with van der Waals surface area (Å²) in [7, 11) is 0. The van der Waals surface area contributed by atoms with Crippen LogP contribution in [0.4, 0.5) is 18.9 Å². The molecule has 0 bridgehead atoms. The Morgan fingerprint density at radius 1 is 1.24 bits per heavy atom. The number of hydrogen-bond acceptors (Lipinski definition) is 6. The van der Waals surface area contributed by atoms with Gasteiger partial charge >= 0.3 is 6.18 Å². The highest BCUT2D eigenvalue weighted by atomic mass is 35.5. The van der Waals surface area contributed by atoms with Gasteiger partial charge in [-0.25, -0.2) is 4.68 Å². The first-order valence-corrected chi connectivity index (χ1v) is 11.2. The molecule has 2 heterocycles. The molecule has 4 rings (SSSR count). The van der Waals surface area contributed by atoms with Gasteiger partial charge in [0.2, 0.25) is 11.1 Å². The van der Waals surface area contributed by atoms with Crippen molar-refractivity contribution in [3.63, 3.8) is 0 Å². The summed E-state index contributed by atoms with van der Waals surface area (Å²) < 4.78 is 46.5. The molecular weight excluding hydrogens is 479 g/mol. The van der Waals surface area contributed by atoms with E-state index >= 15 is 0 Å². The van der Waals surface area contributed by atoms with Crippen LogP contribution in [0.3, 0.4) is 0 Å². The van der Waals surface area contributed by atoms with E-state index in [9.17, 15) is 18.0 Å². The topological polar surface area (TPSA) is 81.1 Å². The largest absolute Gasteiger partial charge is 0.494 e. The van der Waals surface area contributed by atoms with Crippen LogP contribution in [0, 0.1) is 6.92 Å². The van der Waals surface area contributed by atoms with Crippen molar-refractivity contribution in [2.24, 2.45) is 0 Å². The molecule has 0 saturated carbocycles. The summed E-state index contributed by atoms with van der Waals surface area (Å²) in [6, 6.07) is 9.49. The molecule has 2 atom stereocenters. The van der Waals surface area contributed by atoms with E-state index in [0.29, 0.717) is 23.3 Å². The molecule has 7 nitrogen and oxygen atoms in total. The third-order valence-corrected chi connectivity index (χ3v) is 6.50. The summed E-state index contributed by atoms with van der Waals surface area (Å²) in [5, 5.41) is 10.3. The lowest BCUT2D eigenvalue weighted by Crippen LogP contribution is -2.41. The van der Waals surface area contributed by atoms with Crippen LogP contribution >= 0.6 is 23.4 Å². The van der Waals surface area contributed by atoms with Crippen LogP contribution < -0.4 is 15.5 Å². The minimum atomic E-state index is -4.57. The molecule has 1 amide bonds. The molecule has 1 aromatic heterocycles. The molecule has 0 saturated heterocycles. The number of benzene rings is 2. The number of carbonyl (C=O) groups excluding carboxylic acids is 1. The molecule has 1 aliphatic heterocycles. The number of aromatic nitrogens is 3. The standard InChI is InChI=1S/C21H19ClF3N5O2S/c1-3-32-14-7-4-12(5-8-14)17-18(33-20-28-27-11(2)30(20)29-17)19(31)26-16-10-13(21(23,24)25)6-9-15(16)22/h4-10,17-18,29H,3H2,1-2H3,(H,26,31)/t17-,18+/m1/s1. The molecule has 1 aliphatic rings. The molecule has 2 aromatic carbocycles. The minimum Gasteiger partial charge on any atom is -0.494 e. The number of rotatable bonds is 5. The summed E-state index contributed by atoms with van der Waals surface area (Å²) in [5.41, 5.74) is 2.99. The number of thioether (sulfide) groups is 1. The highest BCUT2D eigenvalue weighted by Crippen LogP contribution is 2.39. The fourth-order valence-corrected chi connectivity index (χ4v) is 4.64. The van der Waals surface area contributed by atoms with Crippen LogP contribution in [-0.4, -0.2) is 32.6 Å². The molecule has 12 heteroatoms. The zero-order valence-corrected chi connectivity index (χ0v) is 19.1. The fourth-order valence-electron chi connectivity index (χ4n) is 3.35. The van der Waals surface area contributed by atoms with E-state index in [1.54, 1.807) is 23.7 Å². The maximum absolute atomic E-state index is 13.3. The van der Waals surface area contributed by atoms with Crippen LogP contribution in [0.15, 0.2) is 47.6 Å². The van der Waals surface area contributed by atoms with Crippen molar-refractivity contribution in [2.75, 3.05) is 17.3 Å². The van der Waals surface area contributed by atoms with Crippen molar-refractivity contribution in [3.8, 4) is 5.75 Å². The maximum Gasteiger partial charge on any atom is 0.416 e. The van der Waals surface area contributed by atoms with Gasteiger partial charge in [0.15, 0.2) is 0 Å². The van der Waals surface area contributed by atoms with Gasteiger partial charge in [0.05, 0.1) is 28.9 Å². The number of anilines is 1. The molecule has 0 aliphatic carbocycles. The van der Waals surface area contributed by atoms with Gasteiger partial charge in [0, 0.05) is 0 Å². The van der Waals surface area contributed by atoms with Gasteiger partial charge in [-0.15, -0.1) is 10.2 Å². The number of amides is 1. The number of ether oxygens (including phenoxy) is 1. The average Bonchev–Trinajstić information content (AvgIpc) is 3.14. The maximum atomic E-state index is 13.3. The van der Waals surface area contributed by atoms with Gasteiger partial charge in [-0.1, -0.05) is 35.5 Å². The first-order chi connectivity index (χ1) is 15.7. The van der Waals surface area contributed by atoms with Crippen LogP contribution in [0.25, 0.3) is 0 Å². The Morgan fingerprint density at radius 2 is 1.97 bits per heavy atom. The number of nitrogens with one attached hydrogen (secondary N) is 2. The van der Waals surface area contributed by atoms with E-state index in [2.05, 4.69) is 20.9 Å². The van der Waals surface area contributed by atoms with Crippen molar-refractivity contribution < 1.29 is 22.7 Å². The second kappa shape index (κ2) is 9.14. The van der Waals surface area contributed by atoms with Crippen molar-refractivity contribution in [1.29, 1.82) is 0 Å². The molecule has 0 radical (unpaired) electrons. The molecule has 0 fully saturated rings. The first kappa shape index (κ1) is 23.2. The van der Waals surface area contributed by atoms with E-state index in [1.165, 1.54) is 0 Å². The van der Waals surface area contributed by atoms with Crippen LogP contribution in [0.5, 0.6) is 5.75 Å². The van der Waals surface area contributed by atoms with Gasteiger partial charge in [0.1, 0.15) is 16.8 Å². The number of halogens is 4. The van der Waals surface area contributed by atoms with E-state index in [-0.39, 0.29) is 10.7 Å². The number of fused-ring (bicyclic) bond motifs is 1. The quantitative estimate of drug-likeness (QED) is 0.513. The summed E-state index contributed by atoms with van der Waals surface area (Å²) in [5.74, 6) is 0.760. The monoisotopic (exact) mass is 497 g/mol. The van der Waals surface area contributed by atoms with Crippen molar-refractivity contribution in [2.45, 2.75) is 36.5 Å². The van der Waals surface area contributed by atoms with Gasteiger partial charge in [-0.2, -0.15) is 13.2 Å². The van der Waals surface area contributed by atoms with Crippen molar-refractivity contribution >= 4 is 35.0 Å². The smallest absolute Gasteiger partial charge is 0.416 e. The van der Waals surface area contributed by atoms with E-state index in [1.807, 2.05) is 19.1 Å². The predicted molar refractivity (Wildman–Crippen MR) is 119 cm³/mol. The number of carbonyl (C=O) groups is 1. The molecule has 3 aromatic rings. The zero-order valence-electron chi connectivity index (χ0n) is 17.5. The normalized spacial score (nSPS) is 17.8. The lowest BCUT2D eigenvalue weighted by atomic mass is 10.0. The lowest BCUT2D eigenvalue weighted by Gasteiger charge is -2.33. The molecule has 33 heavy (non-hydrogen) atoms. The molecule has 174 valence electrons. The van der Waals surface area contributed by atoms with E-state index in [4.69, 9.17) is 16.3 Å². The minimum absolute atomic E-state index is 0.00162. The second-order valence-electron chi connectivity index (χ2n) is 7.19. The zero-order chi connectivity index (χ0) is 23.8. The van der Waals surface area contributed by atoms with Crippen molar-refractivity contribution in [1.82, 2.24) is 14.9 Å². The Bertz CT molecular complexity index is 1170. The van der Waals surface area contributed by atoms with E-state index < -0.39 is 28.9 Å². The SMILES string of the molecule is CCOc1ccc([C@H]2Nn3c(C)nnc3S[C@@H]2C(=O)Nc2cc(C(F)(F)F)ccc2Cl)cc1. The predicted octanol–water partition coefficient (Wildman–Crippen LogP) is 5.06. The van der Waals surface area contributed by atoms with Gasteiger partial charge in [0.25, 0.3) is 0 Å². The van der Waals surface area contributed by atoms with Gasteiger partial charge in [-0.05, 0) is 49.7 Å². The Morgan fingerprint density at radius 3 is 2.64 bits per heavy atom. The van der Waals surface area contributed by atoms with Crippen LogP contribution in [-0.2, 0) is 11.0 Å². The van der Waals surface area contributed by atoms with Gasteiger partial charge in [-0.3, -0.25) is 4.79 Å². The summed E-state index contributed by atoms with van der Waals surface area (Å²) >= 11 is 7.23. The third-order valence-electron chi connectivity index (χ3n) is 4.96. The molecule has 0 spiro atoms. The van der Waals surface area contributed by atoms with Crippen LogP contribution in [0.1, 0.15) is 29.9 Å². The highest BCUT2D eigenvalue weighted by Gasteiger charge is 2.38. The molecular formula is C21H19ClF3N5O2S. The number of nitrogens with zero attached hydrogens (tertiary/aromatic N) is 3. The Kier molecular flexibility index (Phi) is 6.44. The summed E-state index contributed by atoms with van der Waals surface area (Å²) in [6.45, 7) is 4.16. The highest BCUT2D eigenvalue weighted by molar-refractivity contribution is 8.00. The van der Waals surface area contributed by atoms with Crippen molar-refractivity contribution in [3.05, 3.63) is 64.4 Å². The van der Waals surface area contributed by atoms with Gasteiger partial charge < -0.3 is 15.5 Å². The van der Waals surface area contributed by atoms with Crippen LogP contribution in [0.2, 0.25) is 5.02 Å². The Balaban J connectivity index is 1.65. The number of hydrogen-bond donors (Lipinski definition) is 2. The fraction of sp³-hybridized carbons (Fsp3) is 0.286. The summed E-state index contributed by atoms with van der Waals surface area (Å²) in [4.78, 5) is 13.3. The lowest BCUT2D eigenvalue weighted by molar-refractivity contribution is -0.137. The third kappa shape index (κ3) is 4.88. The Hall–Kier alpha value is -2.92. The number of alkyl halides is 3. The van der Waals surface area contributed by atoms with E-state index in [0.717, 1.165) is 35.5 Å². The average molecular weight is 498 g/mol. The second-order valence-corrected chi connectivity index (χ2v) is 8.71. The Labute approximate surface area is 196 Å². The molecule has 2 N–H and O–H groups in total. The summed E-state index contributed by atoms with van der Waals surface area (Å²) in [6.07, 6.45) is -4.57. The molecule has 0 unspecified atom stereocenters. The first-order valence-electron chi connectivity index (χ1n) is 9.93. The number of aryl methyl sites for hydroxylation is 1.